The van der Waals surface area contributed by atoms with Crippen molar-refractivity contribution in [3.8, 4) is 5.75 Å². The van der Waals surface area contributed by atoms with Gasteiger partial charge >= 0.3 is 6.18 Å². The average Bonchev–Trinajstić information content (AvgIpc) is 3.05. The Labute approximate surface area is 254 Å². The summed E-state index contributed by atoms with van der Waals surface area (Å²) in [5, 5.41) is 5.71. The third-order valence-corrected chi connectivity index (χ3v) is 7.64. The van der Waals surface area contributed by atoms with Gasteiger partial charge in [-0.15, -0.1) is 0 Å². The van der Waals surface area contributed by atoms with Gasteiger partial charge < -0.3 is 25.2 Å². The molecule has 4 aromatic rings. The molecule has 4 aromatic carbocycles. The van der Waals surface area contributed by atoms with Gasteiger partial charge in [0.15, 0.2) is 0 Å². The lowest BCUT2D eigenvalue weighted by atomic mass is 10.1. The highest BCUT2D eigenvalue weighted by molar-refractivity contribution is 6.06. The fourth-order valence-corrected chi connectivity index (χ4v) is 5.29. The Morgan fingerprint density at radius 3 is 2.11 bits per heavy atom. The highest BCUT2D eigenvalue weighted by Gasteiger charge is 2.31. The number of alkyl halides is 3. The molecule has 1 aliphatic heterocycles. The summed E-state index contributed by atoms with van der Waals surface area (Å²) in [5.74, 6) is -0.256. The molecular formula is C34H33F3N4O3. The Balaban J connectivity index is 1.40. The van der Waals surface area contributed by atoms with Crippen LogP contribution in [-0.2, 0) is 6.18 Å². The van der Waals surface area contributed by atoms with Gasteiger partial charge in [-0.25, -0.2) is 0 Å². The van der Waals surface area contributed by atoms with E-state index in [4.69, 9.17) is 4.74 Å². The second-order valence-electron chi connectivity index (χ2n) is 10.5. The maximum absolute atomic E-state index is 13.7. The third kappa shape index (κ3) is 6.96. The minimum absolute atomic E-state index is 0.139. The minimum atomic E-state index is -4.58. The number of ether oxygens (including phenoxy) is 1. The molecule has 0 radical (unpaired) electrons. The largest absolute Gasteiger partial charge is 0.495 e. The van der Waals surface area contributed by atoms with E-state index in [1.54, 1.807) is 25.3 Å². The SMILES string of the molecule is COc1ccccc1N1CCN(c2ccc(NC(=O)c3cccc(C(F)(F)F)c3)cc2C(=O)NC(C)c2ccccc2)CC1. The van der Waals surface area contributed by atoms with E-state index < -0.39 is 17.6 Å². The van der Waals surface area contributed by atoms with E-state index in [2.05, 4.69) is 20.4 Å². The minimum Gasteiger partial charge on any atom is -0.495 e. The molecule has 1 heterocycles. The molecule has 0 aliphatic carbocycles. The van der Waals surface area contributed by atoms with Crippen molar-refractivity contribution < 1.29 is 27.5 Å². The van der Waals surface area contributed by atoms with E-state index in [1.165, 1.54) is 12.1 Å². The number of anilines is 3. The number of halogens is 3. The van der Waals surface area contributed by atoms with Gasteiger partial charge in [0.2, 0.25) is 0 Å². The van der Waals surface area contributed by atoms with E-state index in [-0.39, 0.29) is 17.5 Å². The van der Waals surface area contributed by atoms with Crippen molar-refractivity contribution in [2.45, 2.75) is 19.1 Å². The van der Waals surface area contributed by atoms with Crippen LogP contribution in [0.5, 0.6) is 5.75 Å². The number of hydrogen-bond acceptors (Lipinski definition) is 5. The van der Waals surface area contributed by atoms with Crippen LogP contribution in [0.15, 0.2) is 97.1 Å². The summed E-state index contributed by atoms with van der Waals surface area (Å²) < 4.78 is 45.2. The molecule has 0 bridgehead atoms. The van der Waals surface area contributed by atoms with Crippen LogP contribution in [0.4, 0.5) is 30.2 Å². The number of methoxy groups -OCH3 is 1. The molecule has 228 valence electrons. The number of piperazine rings is 1. The third-order valence-electron chi connectivity index (χ3n) is 7.64. The van der Waals surface area contributed by atoms with E-state index in [0.717, 1.165) is 29.1 Å². The lowest BCUT2D eigenvalue weighted by Crippen LogP contribution is -2.47. The second-order valence-corrected chi connectivity index (χ2v) is 10.5. The maximum atomic E-state index is 13.7. The number of hydrogen-bond donors (Lipinski definition) is 2. The zero-order valence-corrected chi connectivity index (χ0v) is 24.4. The molecule has 1 saturated heterocycles. The molecular weight excluding hydrogens is 569 g/mol. The molecule has 0 spiro atoms. The van der Waals surface area contributed by atoms with Gasteiger partial charge in [0.25, 0.3) is 11.8 Å². The maximum Gasteiger partial charge on any atom is 0.416 e. The summed E-state index contributed by atoms with van der Waals surface area (Å²) in [7, 11) is 1.64. The van der Waals surface area contributed by atoms with Crippen molar-refractivity contribution in [1.29, 1.82) is 0 Å². The van der Waals surface area contributed by atoms with Crippen LogP contribution in [0.2, 0.25) is 0 Å². The fraction of sp³-hybridized carbons (Fsp3) is 0.235. The van der Waals surface area contributed by atoms with Crippen LogP contribution in [0, 0.1) is 0 Å². The van der Waals surface area contributed by atoms with E-state index >= 15 is 0 Å². The number of para-hydroxylation sites is 2. The number of nitrogens with one attached hydrogen (secondary N) is 2. The molecule has 0 aromatic heterocycles. The van der Waals surface area contributed by atoms with Crippen LogP contribution < -0.4 is 25.2 Å². The van der Waals surface area contributed by atoms with Crippen LogP contribution in [-0.4, -0.2) is 45.1 Å². The van der Waals surface area contributed by atoms with Crippen LogP contribution in [0.25, 0.3) is 0 Å². The molecule has 1 aliphatic rings. The normalized spacial score (nSPS) is 14.1. The number of nitrogens with zero attached hydrogens (tertiary/aromatic N) is 2. The zero-order valence-electron chi connectivity index (χ0n) is 24.4. The second kappa shape index (κ2) is 13.1. The van der Waals surface area contributed by atoms with Gasteiger partial charge in [0.1, 0.15) is 5.75 Å². The number of carbonyl (C=O) groups is 2. The Hall–Kier alpha value is -4.99. The molecule has 2 amide bonds. The van der Waals surface area contributed by atoms with E-state index in [9.17, 15) is 22.8 Å². The van der Waals surface area contributed by atoms with Gasteiger partial charge in [-0.05, 0) is 61.0 Å². The molecule has 5 rings (SSSR count). The van der Waals surface area contributed by atoms with E-state index in [1.807, 2.05) is 61.5 Å². The number of amides is 2. The average molecular weight is 603 g/mol. The van der Waals surface area contributed by atoms with Crippen molar-refractivity contribution in [1.82, 2.24) is 5.32 Å². The van der Waals surface area contributed by atoms with Crippen LogP contribution in [0.1, 0.15) is 44.8 Å². The molecule has 44 heavy (non-hydrogen) atoms. The highest BCUT2D eigenvalue weighted by atomic mass is 19.4. The summed E-state index contributed by atoms with van der Waals surface area (Å²) in [6.45, 7) is 4.52. The summed E-state index contributed by atoms with van der Waals surface area (Å²) >= 11 is 0. The van der Waals surface area contributed by atoms with Crippen molar-refractivity contribution in [3.63, 3.8) is 0 Å². The first-order valence-electron chi connectivity index (χ1n) is 14.3. The summed E-state index contributed by atoms with van der Waals surface area (Å²) in [6, 6.07) is 26.3. The molecule has 1 fully saturated rings. The van der Waals surface area contributed by atoms with Crippen LogP contribution in [0.3, 0.4) is 0 Å². The molecule has 7 nitrogen and oxygen atoms in total. The van der Waals surface area contributed by atoms with Gasteiger partial charge in [0.05, 0.1) is 30.0 Å². The topological polar surface area (TPSA) is 73.9 Å². The summed E-state index contributed by atoms with van der Waals surface area (Å²) in [5.41, 5.74) is 2.21. The molecule has 0 saturated carbocycles. The van der Waals surface area contributed by atoms with Gasteiger partial charge in [0, 0.05) is 43.1 Å². The predicted molar refractivity (Wildman–Crippen MR) is 166 cm³/mol. The van der Waals surface area contributed by atoms with Crippen molar-refractivity contribution in [2.75, 3.05) is 48.4 Å². The Kier molecular flexibility index (Phi) is 9.08. The lowest BCUT2D eigenvalue weighted by Gasteiger charge is -2.38. The lowest BCUT2D eigenvalue weighted by molar-refractivity contribution is -0.137. The molecule has 2 N–H and O–H groups in total. The molecule has 10 heteroatoms. The van der Waals surface area contributed by atoms with Crippen molar-refractivity contribution in [3.05, 3.63) is 119 Å². The monoisotopic (exact) mass is 602 g/mol. The fourth-order valence-electron chi connectivity index (χ4n) is 5.29. The zero-order chi connectivity index (χ0) is 31.3. The summed E-state index contributed by atoms with van der Waals surface area (Å²) in [6.07, 6.45) is -4.58. The number of benzene rings is 4. The number of rotatable bonds is 8. The van der Waals surface area contributed by atoms with Crippen molar-refractivity contribution in [2.24, 2.45) is 0 Å². The Morgan fingerprint density at radius 1 is 0.773 bits per heavy atom. The molecule has 1 atom stereocenters. The summed E-state index contributed by atoms with van der Waals surface area (Å²) in [4.78, 5) is 31.0. The highest BCUT2D eigenvalue weighted by Crippen LogP contribution is 2.32. The van der Waals surface area contributed by atoms with Crippen LogP contribution >= 0.6 is 0 Å². The first kappa shape index (κ1) is 30.5. The predicted octanol–water partition coefficient (Wildman–Crippen LogP) is 6.78. The van der Waals surface area contributed by atoms with Gasteiger partial charge in [-0.3, -0.25) is 9.59 Å². The standard InChI is InChI=1S/C34H33F3N4O3/c1-23(24-9-4-3-5-10-24)38-33(43)28-22-27(39-32(42)25-11-8-12-26(21-25)34(35,36)37)15-16-29(28)40-17-19-41(20-18-40)30-13-6-7-14-31(30)44-2/h3-16,21-23H,17-20H2,1-2H3,(H,38,43)(H,39,42). The molecule has 1 unspecified atom stereocenters. The first-order chi connectivity index (χ1) is 21.1. The number of carbonyl (C=O) groups excluding carboxylic acids is 2. The Bertz CT molecular complexity index is 1620. The Morgan fingerprint density at radius 2 is 1.43 bits per heavy atom. The quantitative estimate of drug-likeness (QED) is 0.233. The smallest absolute Gasteiger partial charge is 0.416 e. The van der Waals surface area contributed by atoms with Crippen molar-refractivity contribution >= 4 is 28.9 Å². The van der Waals surface area contributed by atoms with Gasteiger partial charge in [-0.2, -0.15) is 13.2 Å². The first-order valence-corrected chi connectivity index (χ1v) is 14.3. The van der Waals surface area contributed by atoms with Gasteiger partial charge in [-0.1, -0.05) is 48.5 Å². The van der Waals surface area contributed by atoms with E-state index in [0.29, 0.717) is 43.1 Å².